The van der Waals surface area contributed by atoms with Crippen LogP contribution in [-0.2, 0) is 19.6 Å². The van der Waals surface area contributed by atoms with Gasteiger partial charge in [0.25, 0.3) is 5.91 Å². The maximum atomic E-state index is 12.6. The number of ether oxygens (including phenoxy) is 1. The molecular formula is C20H16BrClN4O2S. The molecule has 1 amide bonds. The average Bonchev–Trinajstić information content (AvgIpc) is 3.31. The molecule has 0 radical (unpaired) electrons. The number of nitrogens with one attached hydrogen (secondary N) is 1. The lowest BCUT2D eigenvalue weighted by atomic mass is 9.96. The second-order valence-electron chi connectivity index (χ2n) is 6.57. The third kappa shape index (κ3) is 4.32. The Kier molecular flexibility index (Phi) is 5.90. The van der Waals surface area contributed by atoms with Gasteiger partial charge in [-0.25, -0.2) is 4.68 Å². The first-order valence-corrected chi connectivity index (χ1v) is 11.0. The molecule has 2 heterocycles. The van der Waals surface area contributed by atoms with Gasteiger partial charge in [-0.1, -0.05) is 11.6 Å². The number of anilines is 1. The summed E-state index contributed by atoms with van der Waals surface area (Å²) in [6.45, 7) is 0.143. The van der Waals surface area contributed by atoms with Gasteiger partial charge >= 0.3 is 0 Å². The highest BCUT2D eigenvalue weighted by atomic mass is 79.9. The van der Waals surface area contributed by atoms with E-state index in [1.165, 1.54) is 20.9 Å². The summed E-state index contributed by atoms with van der Waals surface area (Å²) in [5.74, 6) is 0.283. The second kappa shape index (κ2) is 8.57. The standard InChI is InChI=1S/C20H16BrClN4O2S/c21-15-9-12(22)5-6-17(15)28-11-26-8-7-16(25-26)19(27)24-20-14(10-23)13-3-1-2-4-18(13)29-20/h5-9H,1-4,11H2,(H,24,27). The predicted octanol–water partition coefficient (Wildman–Crippen LogP) is 5.40. The molecule has 1 aliphatic carbocycles. The van der Waals surface area contributed by atoms with Gasteiger partial charge in [0, 0.05) is 16.1 Å². The van der Waals surface area contributed by atoms with Gasteiger partial charge in [-0.05, 0) is 71.4 Å². The van der Waals surface area contributed by atoms with E-state index in [2.05, 4.69) is 32.4 Å². The SMILES string of the molecule is N#Cc1c(NC(=O)c2ccn(COc3ccc(Cl)cc3Br)n2)sc2c1CCCC2. The van der Waals surface area contributed by atoms with Crippen LogP contribution < -0.4 is 10.1 Å². The minimum absolute atomic E-state index is 0.143. The molecule has 9 heteroatoms. The summed E-state index contributed by atoms with van der Waals surface area (Å²) in [5.41, 5.74) is 1.94. The Morgan fingerprint density at radius 1 is 1.38 bits per heavy atom. The molecule has 0 fully saturated rings. The average molecular weight is 492 g/mol. The van der Waals surface area contributed by atoms with Crippen LogP contribution >= 0.6 is 38.9 Å². The van der Waals surface area contributed by atoms with E-state index in [1.54, 1.807) is 30.5 Å². The number of aromatic nitrogens is 2. The van der Waals surface area contributed by atoms with Gasteiger partial charge in [-0.3, -0.25) is 4.79 Å². The van der Waals surface area contributed by atoms with Crippen LogP contribution in [0.2, 0.25) is 5.02 Å². The van der Waals surface area contributed by atoms with Crippen molar-refractivity contribution in [2.45, 2.75) is 32.4 Å². The monoisotopic (exact) mass is 490 g/mol. The van der Waals surface area contributed by atoms with Crippen molar-refractivity contribution >= 4 is 49.8 Å². The van der Waals surface area contributed by atoms with E-state index < -0.39 is 0 Å². The molecule has 29 heavy (non-hydrogen) atoms. The Labute approximate surface area is 185 Å². The summed E-state index contributed by atoms with van der Waals surface area (Å²) in [6, 6.07) is 9.10. The number of fused-ring (bicyclic) bond motifs is 1. The summed E-state index contributed by atoms with van der Waals surface area (Å²) in [7, 11) is 0. The zero-order valence-corrected chi connectivity index (χ0v) is 18.4. The van der Waals surface area contributed by atoms with Crippen LogP contribution in [0.3, 0.4) is 0 Å². The number of nitriles is 1. The minimum Gasteiger partial charge on any atom is -0.470 e. The first kappa shape index (κ1) is 20.0. The van der Waals surface area contributed by atoms with Gasteiger partial charge < -0.3 is 10.1 Å². The first-order valence-electron chi connectivity index (χ1n) is 9.02. The third-order valence-electron chi connectivity index (χ3n) is 4.63. The lowest BCUT2D eigenvalue weighted by Crippen LogP contribution is -2.14. The van der Waals surface area contributed by atoms with Crippen LogP contribution in [0.1, 0.15) is 39.3 Å². The summed E-state index contributed by atoms with van der Waals surface area (Å²) in [4.78, 5) is 13.8. The molecule has 0 spiro atoms. The lowest BCUT2D eigenvalue weighted by molar-refractivity contribution is 0.102. The Morgan fingerprint density at radius 2 is 2.21 bits per heavy atom. The van der Waals surface area contributed by atoms with Crippen LogP contribution in [0.15, 0.2) is 34.9 Å². The molecule has 0 saturated carbocycles. The Bertz CT molecular complexity index is 1120. The van der Waals surface area contributed by atoms with E-state index >= 15 is 0 Å². The molecule has 6 nitrogen and oxygen atoms in total. The molecule has 4 rings (SSSR count). The van der Waals surface area contributed by atoms with Crippen molar-refractivity contribution in [3.8, 4) is 11.8 Å². The summed E-state index contributed by atoms with van der Waals surface area (Å²) in [6.07, 6.45) is 5.75. The van der Waals surface area contributed by atoms with Crippen LogP contribution in [0.5, 0.6) is 5.75 Å². The van der Waals surface area contributed by atoms with Crippen LogP contribution in [-0.4, -0.2) is 15.7 Å². The molecule has 0 atom stereocenters. The molecule has 2 aromatic heterocycles. The highest BCUT2D eigenvalue weighted by Gasteiger charge is 2.22. The Hall–Kier alpha value is -2.34. The molecule has 1 aromatic carbocycles. The summed E-state index contributed by atoms with van der Waals surface area (Å²) < 4.78 is 7.97. The van der Waals surface area contributed by atoms with Gasteiger partial charge in [0.1, 0.15) is 16.8 Å². The number of rotatable bonds is 5. The Balaban J connectivity index is 1.44. The highest BCUT2D eigenvalue weighted by molar-refractivity contribution is 9.10. The fraction of sp³-hybridized carbons (Fsp3) is 0.250. The smallest absolute Gasteiger partial charge is 0.276 e. The number of halogens is 2. The number of hydrogen-bond donors (Lipinski definition) is 1. The second-order valence-corrected chi connectivity index (χ2v) is 8.97. The largest absolute Gasteiger partial charge is 0.470 e. The maximum Gasteiger partial charge on any atom is 0.276 e. The summed E-state index contributed by atoms with van der Waals surface area (Å²) >= 11 is 10.8. The molecule has 0 bridgehead atoms. The van der Waals surface area contributed by atoms with Crippen molar-refractivity contribution < 1.29 is 9.53 Å². The quantitative estimate of drug-likeness (QED) is 0.518. The molecule has 0 aliphatic heterocycles. The van der Waals surface area contributed by atoms with Crippen LogP contribution in [0, 0.1) is 11.3 Å². The highest BCUT2D eigenvalue weighted by Crippen LogP contribution is 2.37. The lowest BCUT2D eigenvalue weighted by Gasteiger charge is -2.09. The number of nitrogens with zero attached hydrogens (tertiary/aromatic N) is 3. The molecule has 3 aromatic rings. The third-order valence-corrected chi connectivity index (χ3v) is 6.69. The number of aryl methyl sites for hydroxylation is 1. The van der Waals surface area contributed by atoms with Gasteiger partial charge in [-0.15, -0.1) is 11.3 Å². The number of amides is 1. The van der Waals surface area contributed by atoms with Gasteiger partial charge in [-0.2, -0.15) is 10.4 Å². The van der Waals surface area contributed by atoms with Crippen LogP contribution in [0.25, 0.3) is 0 Å². The number of hydrogen-bond acceptors (Lipinski definition) is 5. The van der Waals surface area contributed by atoms with E-state index in [9.17, 15) is 10.1 Å². The maximum absolute atomic E-state index is 12.6. The molecule has 1 N–H and O–H groups in total. The van der Waals surface area contributed by atoms with E-state index in [1.807, 2.05) is 0 Å². The number of carbonyl (C=O) groups excluding carboxylic acids is 1. The van der Waals surface area contributed by atoms with E-state index in [0.29, 0.717) is 21.3 Å². The van der Waals surface area contributed by atoms with Gasteiger partial charge in [0.15, 0.2) is 12.4 Å². The van der Waals surface area contributed by atoms with Crippen molar-refractivity contribution in [3.63, 3.8) is 0 Å². The zero-order chi connectivity index (χ0) is 20.4. The summed E-state index contributed by atoms with van der Waals surface area (Å²) in [5, 5.41) is 17.9. The topological polar surface area (TPSA) is 79.9 Å². The molecule has 148 valence electrons. The molecular weight excluding hydrogens is 476 g/mol. The number of thiophene rings is 1. The van der Waals surface area contributed by atoms with E-state index in [0.717, 1.165) is 35.7 Å². The van der Waals surface area contributed by atoms with Crippen molar-refractivity contribution in [3.05, 3.63) is 61.7 Å². The van der Waals surface area contributed by atoms with Crippen molar-refractivity contribution in [1.82, 2.24) is 9.78 Å². The zero-order valence-electron chi connectivity index (χ0n) is 15.2. The molecule has 0 unspecified atom stereocenters. The fourth-order valence-corrected chi connectivity index (χ4v) is 5.25. The van der Waals surface area contributed by atoms with E-state index in [-0.39, 0.29) is 18.3 Å². The molecule has 0 saturated heterocycles. The van der Waals surface area contributed by atoms with Gasteiger partial charge in [0.05, 0.1) is 10.0 Å². The first-order chi connectivity index (χ1) is 14.0. The predicted molar refractivity (Wildman–Crippen MR) is 116 cm³/mol. The minimum atomic E-state index is -0.341. The van der Waals surface area contributed by atoms with Crippen molar-refractivity contribution in [2.75, 3.05) is 5.32 Å². The van der Waals surface area contributed by atoms with Crippen molar-refractivity contribution in [1.29, 1.82) is 5.26 Å². The number of carbonyl (C=O) groups is 1. The number of benzene rings is 1. The van der Waals surface area contributed by atoms with Gasteiger partial charge in [0.2, 0.25) is 0 Å². The van der Waals surface area contributed by atoms with Crippen LogP contribution in [0.4, 0.5) is 5.00 Å². The Morgan fingerprint density at radius 3 is 3.00 bits per heavy atom. The normalized spacial score (nSPS) is 12.9. The molecule has 1 aliphatic rings. The van der Waals surface area contributed by atoms with Crippen molar-refractivity contribution in [2.24, 2.45) is 0 Å². The fourth-order valence-electron chi connectivity index (χ4n) is 3.22. The van der Waals surface area contributed by atoms with E-state index in [4.69, 9.17) is 16.3 Å².